The number of piperidine rings is 1. The maximum atomic E-state index is 12.5. The van der Waals surface area contributed by atoms with Crippen molar-refractivity contribution in [1.82, 2.24) is 4.90 Å². The van der Waals surface area contributed by atoms with Gasteiger partial charge < -0.3 is 15.3 Å². The van der Waals surface area contributed by atoms with Crippen LogP contribution in [0, 0.1) is 5.92 Å². The molecule has 1 aromatic carbocycles. The molecule has 1 aliphatic heterocycles. The van der Waals surface area contributed by atoms with Crippen molar-refractivity contribution in [1.29, 1.82) is 0 Å². The summed E-state index contributed by atoms with van der Waals surface area (Å²) in [7, 11) is 0. The summed E-state index contributed by atoms with van der Waals surface area (Å²) < 4.78 is 0. The van der Waals surface area contributed by atoms with E-state index in [1.807, 2.05) is 24.3 Å². The minimum Gasteiger partial charge on any atom is -0.391 e. The fraction of sp³-hybridized carbons (Fsp3) is 0.611. The molecule has 1 unspecified atom stereocenters. The summed E-state index contributed by atoms with van der Waals surface area (Å²) in [6.45, 7) is 6.54. The van der Waals surface area contributed by atoms with Gasteiger partial charge in [0.1, 0.15) is 0 Å². The summed E-state index contributed by atoms with van der Waals surface area (Å²) in [4.78, 5) is 14.3. The van der Waals surface area contributed by atoms with Crippen molar-refractivity contribution in [3.63, 3.8) is 0 Å². The SMILES string of the molecule is CCC(CC)CNc1cccc(C(=O)N2CCCC(O)C2)c1. The first-order chi connectivity index (χ1) is 10.6. The lowest BCUT2D eigenvalue weighted by atomic mass is 10.0. The summed E-state index contributed by atoms with van der Waals surface area (Å²) >= 11 is 0. The van der Waals surface area contributed by atoms with Crippen LogP contribution in [0.4, 0.5) is 5.69 Å². The highest BCUT2D eigenvalue weighted by atomic mass is 16.3. The van der Waals surface area contributed by atoms with Crippen molar-refractivity contribution in [3.8, 4) is 0 Å². The van der Waals surface area contributed by atoms with Gasteiger partial charge in [-0.15, -0.1) is 0 Å². The maximum absolute atomic E-state index is 12.5. The Bertz CT molecular complexity index is 486. The molecule has 0 bridgehead atoms. The fourth-order valence-corrected chi connectivity index (χ4v) is 2.92. The summed E-state index contributed by atoms with van der Waals surface area (Å²) in [5.41, 5.74) is 1.69. The van der Waals surface area contributed by atoms with E-state index in [0.717, 1.165) is 44.5 Å². The quantitative estimate of drug-likeness (QED) is 0.849. The number of aliphatic hydroxyl groups is 1. The van der Waals surface area contributed by atoms with Crippen LogP contribution in [0.25, 0.3) is 0 Å². The van der Waals surface area contributed by atoms with Crippen LogP contribution in [0.3, 0.4) is 0 Å². The van der Waals surface area contributed by atoms with Crippen molar-refractivity contribution < 1.29 is 9.90 Å². The van der Waals surface area contributed by atoms with E-state index in [-0.39, 0.29) is 12.0 Å². The number of benzene rings is 1. The zero-order valence-electron chi connectivity index (χ0n) is 13.7. The standard InChI is InChI=1S/C18H28N2O2/c1-3-14(4-2)12-19-16-8-5-7-15(11-16)18(22)20-10-6-9-17(21)13-20/h5,7-8,11,14,17,19,21H,3-4,6,9-10,12-13H2,1-2H3. The summed E-state index contributed by atoms with van der Waals surface area (Å²) in [6, 6.07) is 7.70. The number of aliphatic hydroxyl groups excluding tert-OH is 1. The second-order valence-corrected chi connectivity index (χ2v) is 6.19. The lowest BCUT2D eigenvalue weighted by Crippen LogP contribution is -2.42. The third-order valence-electron chi connectivity index (χ3n) is 4.54. The number of carbonyl (C=O) groups excluding carboxylic acids is 1. The van der Waals surface area contributed by atoms with Crippen LogP contribution < -0.4 is 5.32 Å². The van der Waals surface area contributed by atoms with Crippen molar-refractivity contribution in [2.45, 2.75) is 45.6 Å². The highest BCUT2D eigenvalue weighted by Crippen LogP contribution is 2.17. The molecule has 4 heteroatoms. The van der Waals surface area contributed by atoms with Gasteiger partial charge in [0.15, 0.2) is 0 Å². The Hall–Kier alpha value is -1.55. The molecule has 1 saturated heterocycles. The van der Waals surface area contributed by atoms with E-state index < -0.39 is 0 Å². The van der Waals surface area contributed by atoms with Crippen LogP contribution in [0.1, 0.15) is 49.9 Å². The highest BCUT2D eigenvalue weighted by molar-refractivity contribution is 5.95. The minimum absolute atomic E-state index is 0.0185. The number of rotatable bonds is 6. The molecule has 122 valence electrons. The zero-order valence-corrected chi connectivity index (χ0v) is 13.7. The lowest BCUT2D eigenvalue weighted by molar-refractivity contribution is 0.0474. The number of likely N-dealkylation sites (tertiary alicyclic amines) is 1. The molecule has 0 aliphatic carbocycles. The van der Waals surface area contributed by atoms with Crippen LogP contribution in [-0.4, -0.2) is 41.7 Å². The van der Waals surface area contributed by atoms with Crippen molar-refractivity contribution in [3.05, 3.63) is 29.8 Å². The number of hydrogen-bond donors (Lipinski definition) is 2. The molecular formula is C18H28N2O2. The molecule has 4 nitrogen and oxygen atoms in total. The average Bonchev–Trinajstić information content (AvgIpc) is 2.55. The van der Waals surface area contributed by atoms with E-state index in [0.29, 0.717) is 18.0 Å². The Balaban J connectivity index is 1.99. The Morgan fingerprint density at radius 1 is 1.41 bits per heavy atom. The highest BCUT2D eigenvalue weighted by Gasteiger charge is 2.23. The number of carbonyl (C=O) groups is 1. The smallest absolute Gasteiger partial charge is 0.254 e. The Labute approximate surface area is 133 Å². The molecule has 2 rings (SSSR count). The number of nitrogens with zero attached hydrogens (tertiary/aromatic N) is 1. The third-order valence-corrected chi connectivity index (χ3v) is 4.54. The first kappa shape index (κ1) is 16.8. The van der Waals surface area contributed by atoms with Gasteiger partial charge in [0.05, 0.1) is 6.10 Å². The zero-order chi connectivity index (χ0) is 15.9. The predicted molar refractivity (Wildman–Crippen MR) is 90.1 cm³/mol. The molecule has 0 aromatic heterocycles. The van der Waals surface area contributed by atoms with Gasteiger partial charge in [-0.05, 0) is 37.0 Å². The molecule has 0 saturated carbocycles. The van der Waals surface area contributed by atoms with E-state index >= 15 is 0 Å². The molecule has 1 atom stereocenters. The van der Waals surface area contributed by atoms with E-state index in [9.17, 15) is 9.90 Å². The number of anilines is 1. The normalized spacial score (nSPS) is 18.5. The first-order valence-corrected chi connectivity index (χ1v) is 8.45. The molecule has 1 aromatic rings. The van der Waals surface area contributed by atoms with Gasteiger partial charge in [0, 0.05) is 30.9 Å². The summed E-state index contributed by atoms with van der Waals surface area (Å²) in [5, 5.41) is 13.2. The first-order valence-electron chi connectivity index (χ1n) is 8.45. The van der Waals surface area contributed by atoms with Gasteiger partial charge in [-0.3, -0.25) is 4.79 Å². The number of amides is 1. The molecule has 1 amide bonds. The van der Waals surface area contributed by atoms with Gasteiger partial charge in [0.2, 0.25) is 0 Å². The van der Waals surface area contributed by atoms with Crippen LogP contribution in [0.5, 0.6) is 0 Å². The predicted octanol–water partition coefficient (Wildman–Crippen LogP) is 3.13. The van der Waals surface area contributed by atoms with E-state index in [1.54, 1.807) is 4.90 Å². The lowest BCUT2D eigenvalue weighted by Gasteiger charge is -2.30. The number of hydrogen-bond acceptors (Lipinski definition) is 3. The van der Waals surface area contributed by atoms with Crippen LogP contribution >= 0.6 is 0 Å². The van der Waals surface area contributed by atoms with E-state index in [4.69, 9.17) is 0 Å². The Kier molecular flexibility index (Phi) is 6.25. The average molecular weight is 304 g/mol. The number of nitrogens with one attached hydrogen (secondary N) is 1. The minimum atomic E-state index is -0.381. The molecule has 22 heavy (non-hydrogen) atoms. The third kappa shape index (κ3) is 4.47. The largest absolute Gasteiger partial charge is 0.391 e. The monoisotopic (exact) mass is 304 g/mol. The molecule has 0 spiro atoms. The molecule has 1 fully saturated rings. The molecule has 1 aliphatic rings. The van der Waals surface area contributed by atoms with Crippen LogP contribution in [0.2, 0.25) is 0 Å². The molecular weight excluding hydrogens is 276 g/mol. The Morgan fingerprint density at radius 2 is 2.18 bits per heavy atom. The fourth-order valence-electron chi connectivity index (χ4n) is 2.92. The van der Waals surface area contributed by atoms with Crippen molar-refractivity contribution in [2.75, 3.05) is 25.0 Å². The van der Waals surface area contributed by atoms with Crippen LogP contribution in [0.15, 0.2) is 24.3 Å². The summed E-state index contributed by atoms with van der Waals surface area (Å²) in [6.07, 6.45) is 3.61. The summed E-state index contributed by atoms with van der Waals surface area (Å²) in [5.74, 6) is 0.682. The molecule has 2 N–H and O–H groups in total. The van der Waals surface area contributed by atoms with Crippen molar-refractivity contribution >= 4 is 11.6 Å². The van der Waals surface area contributed by atoms with Crippen LogP contribution in [-0.2, 0) is 0 Å². The van der Waals surface area contributed by atoms with Gasteiger partial charge in [-0.1, -0.05) is 32.8 Å². The van der Waals surface area contributed by atoms with Gasteiger partial charge >= 0.3 is 0 Å². The Morgan fingerprint density at radius 3 is 2.86 bits per heavy atom. The number of β-amino-alcohol motifs (C(OH)–C–C–N with tert-alkyl or cyclic N) is 1. The van der Waals surface area contributed by atoms with Gasteiger partial charge in [0.25, 0.3) is 5.91 Å². The van der Waals surface area contributed by atoms with Crippen molar-refractivity contribution in [2.24, 2.45) is 5.92 Å². The van der Waals surface area contributed by atoms with Gasteiger partial charge in [-0.25, -0.2) is 0 Å². The molecule has 1 heterocycles. The van der Waals surface area contributed by atoms with E-state index in [1.165, 1.54) is 0 Å². The molecule has 0 radical (unpaired) electrons. The maximum Gasteiger partial charge on any atom is 0.254 e. The van der Waals surface area contributed by atoms with Gasteiger partial charge in [-0.2, -0.15) is 0 Å². The second-order valence-electron chi connectivity index (χ2n) is 6.19. The second kappa shape index (κ2) is 8.18. The topological polar surface area (TPSA) is 52.6 Å². The van der Waals surface area contributed by atoms with E-state index in [2.05, 4.69) is 19.2 Å².